The highest BCUT2D eigenvalue weighted by molar-refractivity contribution is 9.10. The van der Waals surface area contributed by atoms with Crippen LogP contribution in [0, 0.1) is 0 Å². The van der Waals surface area contributed by atoms with E-state index in [1.54, 1.807) is 26.4 Å². The molecule has 0 aliphatic carbocycles. The first kappa shape index (κ1) is 18.7. The Labute approximate surface area is 162 Å². The summed E-state index contributed by atoms with van der Waals surface area (Å²) in [7, 11) is 3.18. The number of benzene rings is 2. The molecule has 2 aromatic carbocycles. The van der Waals surface area contributed by atoms with Gasteiger partial charge in [0, 0.05) is 10.5 Å². The quantitative estimate of drug-likeness (QED) is 0.761. The second-order valence-corrected chi connectivity index (χ2v) is 7.17. The fraction of sp³-hybridized carbons (Fsp3) is 0.350. The van der Waals surface area contributed by atoms with Gasteiger partial charge < -0.3 is 14.8 Å². The number of hydrogen-bond acceptors (Lipinski definition) is 4. The number of amides is 1. The van der Waals surface area contributed by atoms with Gasteiger partial charge in [-0.15, -0.1) is 0 Å². The number of hydrogen-bond donors (Lipinski definition) is 1. The maximum atomic E-state index is 13.2. The minimum Gasteiger partial charge on any atom is -0.497 e. The first-order valence-electron chi connectivity index (χ1n) is 8.65. The van der Waals surface area contributed by atoms with Gasteiger partial charge in [-0.1, -0.05) is 28.1 Å². The average molecular weight is 419 g/mol. The molecule has 1 N–H and O–H groups in total. The standard InChI is InChI=1S/C20H23BrN2O3/c1-25-16-8-9-17(18(13-16)26-2)22-20(24)19(23-10-3-4-11-23)14-6-5-7-15(21)12-14/h5-9,12-13,19H,3-4,10-11H2,1-2H3,(H,22,24). The van der Waals surface area contributed by atoms with Gasteiger partial charge in [-0.25, -0.2) is 0 Å². The van der Waals surface area contributed by atoms with Crippen molar-refractivity contribution >= 4 is 27.5 Å². The van der Waals surface area contributed by atoms with Crippen molar-refractivity contribution in [1.82, 2.24) is 4.90 Å². The summed E-state index contributed by atoms with van der Waals surface area (Å²) in [6.45, 7) is 1.84. The smallest absolute Gasteiger partial charge is 0.246 e. The molecule has 1 aliphatic rings. The van der Waals surface area contributed by atoms with E-state index in [-0.39, 0.29) is 11.9 Å². The number of carbonyl (C=O) groups excluding carboxylic acids is 1. The SMILES string of the molecule is COc1ccc(NC(=O)C(c2cccc(Br)c2)N2CCCC2)c(OC)c1. The van der Waals surface area contributed by atoms with E-state index in [9.17, 15) is 4.79 Å². The third-order valence-corrected chi connectivity index (χ3v) is 5.08. The van der Waals surface area contributed by atoms with Crippen LogP contribution in [0.3, 0.4) is 0 Å². The molecule has 0 spiro atoms. The molecule has 5 nitrogen and oxygen atoms in total. The number of nitrogens with one attached hydrogen (secondary N) is 1. The van der Waals surface area contributed by atoms with E-state index >= 15 is 0 Å². The van der Waals surface area contributed by atoms with Crippen molar-refractivity contribution in [3.05, 3.63) is 52.5 Å². The fourth-order valence-corrected chi connectivity index (χ4v) is 3.72. The lowest BCUT2D eigenvalue weighted by atomic mass is 10.0. The number of nitrogens with zero attached hydrogens (tertiary/aromatic N) is 1. The molecule has 0 saturated carbocycles. The van der Waals surface area contributed by atoms with E-state index in [4.69, 9.17) is 9.47 Å². The zero-order valence-corrected chi connectivity index (χ0v) is 16.6. The molecule has 1 aliphatic heterocycles. The Bertz CT molecular complexity index is 775. The van der Waals surface area contributed by atoms with Crippen LogP contribution in [0.2, 0.25) is 0 Å². The molecule has 0 bridgehead atoms. The van der Waals surface area contributed by atoms with Crippen molar-refractivity contribution in [2.75, 3.05) is 32.6 Å². The van der Waals surface area contributed by atoms with Crippen LogP contribution in [0.15, 0.2) is 46.9 Å². The summed E-state index contributed by atoms with van der Waals surface area (Å²) >= 11 is 3.51. The molecule has 1 atom stereocenters. The number of halogens is 1. The zero-order valence-electron chi connectivity index (χ0n) is 15.0. The van der Waals surface area contributed by atoms with Crippen molar-refractivity contribution in [2.24, 2.45) is 0 Å². The molecule has 6 heteroatoms. The number of ether oxygens (including phenoxy) is 2. The Balaban J connectivity index is 1.88. The minimum absolute atomic E-state index is 0.0616. The van der Waals surface area contributed by atoms with Crippen LogP contribution in [0.1, 0.15) is 24.4 Å². The summed E-state index contributed by atoms with van der Waals surface area (Å²) < 4.78 is 11.6. The highest BCUT2D eigenvalue weighted by Gasteiger charge is 2.30. The molecule has 1 amide bonds. The van der Waals surface area contributed by atoms with E-state index in [1.807, 2.05) is 30.3 Å². The van der Waals surface area contributed by atoms with Gasteiger partial charge in [-0.2, -0.15) is 0 Å². The minimum atomic E-state index is -0.332. The molecule has 1 saturated heterocycles. The number of anilines is 1. The molecular weight excluding hydrogens is 396 g/mol. The predicted molar refractivity (Wildman–Crippen MR) is 106 cm³/mol. The van der Waals surface area contributed by atoms with Gasteiger partial charge in [-0.3, -0.25) is 9.69 Å². The van der Waals surface area contributed by atoms with E-state index in [0.29, 0.717) is 17.2 Å². The number of likely N-dealkylation sites (tertiary alicyclic amines) is 1. The number of carbonyl (C=O) groups is 1. The number of rotatable bonds is 6. The highest BCUT2D eigenvalue weighted by atomic mass is 79.9. The van der Waals surface area contributed by atoms with Crippen LogP contribution >= 0.6 is 15.9 Å². The van der Waals surface area contributed by atoms with Gasteiger partial charge in [0.15, 0.2) is 0 Å². The molecular formula is C20H23BrN2O3. The lowest BCUT2D eigenvalue weighted by Crippen LogP contribution is -2.35. The van der Waals surface area contributed by atoms with Gasteiger partial charge >= 0.3 is 0 Å². The summed E-state index contributed by atoms with van der Waals surface area (Å²) in [6, 6.07) is 13.0. The molecule has 2 aromatic rings. The largest absolute Gasteiger partial charge is 0.497 e. The van der Waals surface area contributed by atoms with Crippen molar-refractivity contribution < 1.29 is 14.3 Å². The van der Waals surface area contributed by atoms with Gasteiger partial charge in [0.05, 0.1) is 19.9 Å². The summed E-state index contributed by atoms with van der Waals surface area (Å²) in [5.74, 6) is 1.20. The second kappa shape index (κ2) is 8.56. The molecule has 1 heterocycles. The topological polar surface area (TPSA) is 50.8 Å². The maximum Gasteiger partial charge on any atom is 0.246 e. The maximum absolute atomic E-state index is 13.2. The third kappa shape index (κ3) is 4.19. The summed E-state index contributed by atoms with van der Waals surface area (Å²) in [6.07, 6.45) is 2.23. The lowest BCUT2D eigenvalue weighted by molar-refractivity contribution is -0.121. The number of methoxy groups -OCH3 is 2. The summed E-state index contributed by atoms with van der Waals surface area (Å²) in [4.78, 5) is 15.4. The molecule has 26 heavy (non-hydrogen) atoms. The van der Waals surface area contributed by atoms with Gasteiger partial charge in [0.25, 0.3) is 0 Å². The highest BCUT2D eigenvalue weighted by Crippen LogP contribution is 2.32. The molecule has 1 unspecified atom stereocenters. The predicted octanol–water partition coefficient (Wildman–Crippen LogP) is 4.24. The monoisotopic (exact) mass is 418 g/mol. The first-order valence-corrected chi connectivity index (χ1v) is 9.44. The molecule has 1 fully saturated rings. The Morgan fingerprint density at radius 2 is 1.88 bits per heavy atom. The van der Waals surface area contributed by atoms with Crippen LogP contribution in [0.5, 0.6) is 11.5 Å². The Kier molecular flexibility index (Phi) is 6.16. The molecule has 3 rings (SSSR count). The van der Waals surface area contributed by atoms with Crippen molar-refractivity contribution in [2.45, 2.75) is 18.9 Å². The van der Waals surface area contributed by atoms with Crippen molar-refractivity contribution in [3.8, 4) is 11.5 Å². The summed E-state index contributed by atoms with van der Waals surface area (Å²) in [5.41, 5.74) is 1.61. The summed E-state index contributed by atoms with van der Waals surface area (Å²) in [5, 5.41) is 3.03. The average Bonchev–Trinajstić information content (AvgIpc) is 3.16. The van der Waals surface area contributed by atoms with Gasteiger partial charge in [0.1, 0.15) is 17.5 Å². The van der Waals surface area contributed by atoms with E-state index in [2.05, 4.69) is 26.1 Å². The fourth-order valence-electron chi connectivity index (χ4n) is 3.31. The van der Waals surface area contributed by atoms with Crippen molar-refractivity contribution in [1.29, 1.82) is 0 Å². The van der Waals surface area contributed by atoms with E-state index < -0.39 is 0 Å². The normalized spacial score (nSPS) is 15.5. The molecule has 0 radical (unpaired) electrons. The zero-order chi connectivity index (χ0) is 18.5. The van der Waals surface area contributed by atoms with Crippen LogP contribution in [0.25, 0.3) is 0 Å². The Hall–Kier alpha value is -2.05. The van der Waals surface area contributed by atoms with E-state index in [1.165, 1.54) is 0 Å². The Morgan fingerprint density at radius 1 is 1.12 bits per heavy atom. The van der Waals surface area contributed by atoms with Crippen LogP contribution in [0.4, 0.5) is 5.69 Å². The van der Waals surface area contributed by atoms with Crippen LogP contribution < -0.4 is 14.8 Å². The molecule has 138 valence electrons. The lowest BCUT2D eigenvalue weighted by Gasteiger charge is -2.27. The second-order valence-electron chi connectivity index (χ2n) is 6.26. The first-order chi connectivity index (χ1) is 12.6. The van der Waals surface area contributed by atoms with Gasteiger partial charge in [-0.05, 0) is 55.8 Å². The van der Waals surface area contributed by atoms with Crippen LogP contribution in [-0.2, 0) is 4.79 Å². The third-order valence-electron chi connectivity index (χ3n) is 4.59. The van der Waals surface area contributed by atoms with E-state index in [0.717, 1.165) is 36.0 Å². The van der Waals surface area contributed by atoms with Gasteiger partial charge in [0.2, 0.25) is 5.91 Å². The molecule has 0 aromatic heterocycles. The Morgan fingerprint density at radius 3 is 2.54 bits per heavy atom. The van der Waals surface area contributed by atoms with Crippen molar-refractivity contribution in [3.63, 3.8) is 0 Å². The van der Waals surface area contributed by atoms with Crippen LogP contribution in [-0.4, -0.2) is 38.1 Å².